The van der Waals surface area contributed by atoms with Gasteiger partial charge in [-0.3, -0.25) is 9.59 Å². The first-order chi connectivity index (χ1) is 8.58. The van der Waals surface area contributed by atoms with E-state index in [4.69, 9.17) is 0 Å². The molecule has 0 aliphatic carbocycles. The lowest BCUT2D eigenvalue weighted by Crippen LogP contribution is -2.36. The molecule has 1 unspecified atom stereocenters. The van der Waals surface area contributed by atoms with Gasteiger partial charge in [-0.2, -0.15) is 0 Å². The van der Waals surface area contributed by atoms with Crippen molar-refractivity contribution in [2.45, 2.75) is 32.8 Å². The zero-order chi connectivity index (χ0) is 13.5. The Hall–Kier alpha value is -1.69. The molecule has 0 aliphatic heterocycles. The number of aromatic nitrogens is 2. The zero-order valence-corrected chi connectivity index (χ0v) is 10.6. The minimum Gasteiger partial charge on any atom is -0.391 e. The number of hydrogen-bond donors (Lipinski definition) is 3. The fraction of sp³-hybridized carbons (Fsp3) is 0.583. The quantitative estimate of drug-likeness (QED) is 0.679. The number of aromatic amines is 1. The van der Waals surface area contributed by atoms with Gasteiger partial charge in [-0.05, 0) is 5.92 Å². The zero-order valence-electron chi connectivity index (χ0n) is 10.6. The molecule has 100 valence electrons. The van der Waals surface area contributed by atoms with Gasteiger partial charge < -0.3 is 15.4 Å². The summed E-state index contributed by atoms with van der Waals surface area (Å²) >= 11 is 0. The van der Waals surface area contributed by atoms with Crippen LogP contribution in [-0.2, 0) is 0 Å². The first-order valence-electron chi connectivity index (χ1n) is 6.09. The predicted octanol–water partition coefficient (Wildman–Crippen LogP) is 0.297. The second-order valence-corrected chi connectivity index (χ2v) is 4.15. The molecule has 1 rings (SSSR count). The van der Waals surface area contributed by atoms with Gasteiger partial charge in [0.1, 0.15) is 5.69 Å². The number of H-pyrrole nitrogens is 1. The second kappa shape index (κ2) is 6.90. The predicted molar refractivity (Wildman–Crippen MR) is 67.3 cm³/mol. The molecule has 6 heteroatoms. The van der Waals surface area contributed by atoms with E-state index in [1.807, 2.05) is 13.8 Å². The smallest absolute Gasteiger partial charge is 0.271 e. The highest BCUT2D eigenvalue weighted by molar-refractivity contribution is 5.91. The summed E-state index contributed by atoms with van der Waals surface area (Å²) in [7, 11) is 0. The van der Waals surface area contributed by atoms with Gasteiger partial charge >= 0.3 is 0 Å². The Balaban J connectivity index is 2.51. The summed E-state index contributed by atoms with van der Waals surface area (Å²) in [5.74, 6) is -0.231. The Morgan fingerprint density at radius 2 is 2.17 bits per heavy atom. The molecule has 0 radical (unpaired) electrons. The standard InChI is InChI=1S/C12H19N3O3/c1-3-8(4-2)10(16)6-15-12(18)9-5-14-11(17)7-13-9/h5,7-8,10,16H,3-4,6H2,1-2H3,(H,14,17)(H,15,18). The molecule has 1 atom stereocenters. The number of carbonyl (C=O) groups is 1. The third-order valence-corrected chi connectivity index (χ3v) is 2.97. The molecule has 0 aliphatic rings. The molecule has 0 saturated heterocycles. The highest BCUT2D eigenvalue weighted by atomic mass is 16.3. The van der Waals surface area contributed by atoms with Crippen LogP contribution in [0.3, 0.4) is 0 Å². The number of aliphatic hydroxyl groups is 1. The van der Waals surface area contributed by atoms with Crippen molar-refractivity contribution in [1.29, 1.82) is 0 Å². The topological polar surface area (TPSA) is 95.1 Å². The lowest BCUT2D eigenvalue weighted by molar-refractivity contribution is 0.0812. The molecule has 1 aromatic heterocycles. The largest absolute Gasteiger partial charge is 0.391 e. The van der Waals surface area contributed by atoms with Crippen molar-refractivity contribution < 1.29 is 9.90 Å². The van der Waals surface area contributed by atoms with Gasteiger partial charge in [-0.25, -0.2) is 4.98 Å². The number of aliphatic hydroxyl groups excluding tert-OH is 1. The first kappa shape index (κ1) is 14.4. The summed E-state index contributed by atoms with van der Waals surface area (Å²) in [5.41, 5.74) is -0.227. The van der Waals surface area contributed by atoms with E-state index < -0.39 is 12.0 Å². The third kappa shape index (κ3) is 3.96. The summed E-state index contributed by atoms with van der Waals surface area (Å²) in [4.78, 5) is 28.5. The van der Waals surface area contributed by atoms with Gasteiger partial charge in [-0.1, -0.05) is 26.7 Å². The van der Waals surface area contributed by atoms with Crippen LogP contribution in [-0.4, -0.2) is 33.6 Å². The molecule has 6 nitrogen and oxygen atoms in total. The average molecular weight is 253 g/mol. The number of amides is 1. The van der Waals surface area contributed by atoms with Crippen LogP contribution in [0.1, 0.15) is 37.2 Å². The van der Waals surface area contributed by atoms with Gasteiger partial charge in [0.2, 0.25) is 0 Å². The van der Waals surface area contributed by atoms with Crippen LogP contribution >= 0.6 is 0 Å². The highest BCUT2D eigenvalue weighted by Crippen LogP contribution is 2.12. The Labute approximate surface area is 105 Å². The Morgan fingerprint density at radius 1 is 1.50 bits per heavy atom. The van der Waals surface area contributed by atoms with Crippen LogP contribution < -0.4 is 10.9 Å². The van der Waals surface area contributed by atoms with E-state index in [1.165, 1.54) is 6.20 Å². The van der Waals surface area contributed by atoms with Gasteiger partial charge in [0.05, 0.1) is 12.3 Å². The van der Waals surface area contributed by atoms with E-state index in [2.05, 4.69) is 15.3 Å². The van der Waals surface area contributed by atoms with Crippen LogP contribution in [0, 0.1) is 5.92 Å². The van der Waals surface area contributed by atoms with Crippen LogP contribution in [0.5, 0.6) is 0 Å². The molecule has 1 aromatic rings. The molecular formula is C12H19N3O3. The maximum atomic E-state index is 11.7. The molecule has 0 fully saturated rings. The third-order valence-electron chi connectivity index (χ3n) is 2.97. The van der Waals surface area contributed by atoms with Crippen LogP contribution in [0.25, 0.3) is 0 Å². The summed E-state index contributed by atoms with van der Waals surface area (Å²) in [6, 6.07) is 0. The summed E-state index contributed by atoms with van der Waals surface area (Å²) < 4.78 is 0. The molecule has 0 aromatic carbocycles. The van der Waals surface area contributed by atoms with Crippen molar-refractivity contribution in [3.63, 3.8) is 0 Å². The van der Waals surface area contributed by atoms with E-state index in [0.29, 0.717) is 0 Å². The summed E-state index contributed by atoms with van der Waals surface area (Å²) in [5, 5.41) is 12.4. The van der Waals surface area contributed by atoms with Crippen LogP contribution in [0.2, 0.25) is 0 Å². The number of nitrogens with one attached hydrogen (secondary N) is 2. The SMILES string of the molecule is CCC(CC)C(O)CNC(=O)c1c[nH]c(=O)cn1. The molecule has 3 N–H and O–H groups in total. The molecule has 0 saturated carbocycles. The molecule has 1 amide bonds. The first-order valence-corrected chi connectivity index (χ1v) is 6.09. The number of nitrogens with zero attached hydrogens (tertiary/aromatic N) is 1. The molecule has 18 heavy (non-hydrogen) atoms. The van der Waals surface area contributed by atoms with Crippen molar-refractivity contribution in [1.82, 2.24) is 15.3 Å². The summed E-state index contributed by atoms with van der Waals surface area (Å²) in [6.45, 7) is 4.19. The molecule has 0 spiro atoms. The van der Waals surface area contributed by atoms with Gasteiger partial charge in [0.15, 0.2) is 0 Å². The molecule has 1 heterocycles. The van der Waals surface area contributed by atoms with E-state index in [0.717, 1.165) is 19.0 Å². The maximum Gasteiger partial charge on any atom is 0.271 e. The number of carbonyl (C=O) groups excluding carboxylic acids is 1. The van der Waals surface area contributed by atoms with Gasteiger partial charge in [0, 0.05) is 12.7 Å². The van der Waals surface area contributed by atoms with E-state index >= 15 is 0 Å². The van der Waals surface area contributed by atoms with Crippen LogP contribution in [0.15, 0.2) is 17.2 Å². The van der Waals surface area contributed by atoms with E-state index in [9.17, 15) is 14.7 Å². The fourth-order valence-electron chi connectivity index (χ4n) is 1.75. The average Bonchev–Trinajstić information content (AvgIpc) is 2.38. The van der Waals surface area contributed by atoms with Crippen molar-refractivity contribution in [3.8, 4) is 0 Å². The van der Waals surface area contributed by atoms with Crippen molar-refractivity contribution >= 4 is 5.91 Å². The molecule has 0 bridgehead atoms. The lowest BCUT2D eigenvalue weighted by Gasteiger charge is -2.20. The van der Waals surface area contributed by atoms with E-state index in [-0.39, 0.29) is 23.7 Å². The van der Waals surface area contributed by atoms with Crippen molar-refractivity contribution in [2.24, 2.45) is 5.92 Å². The number of hydrogen-bond acceptors (Lipinski definition) is 4. The lowest BCUT2D eigenvalue weighted by atomic mass is 9.96. The summed E-state index contributed by atoms with van der Waals surface area (Å²) in [6.07, 6.45) is 3.47. The van der Waals surface area contributed by atoms with Gasteiger partial charge in [-0.15, -0.1) is 0 Å². The van der Waals surface area contributed by atoms with E-state index in [1.54, 1.807) is 0 Å². The van der Waals surface area contributed by atoms with Gasteiger partial charge in [0.25, 0.3) is 11.5 Å². The van der Waals surface area contributed by atoms with Crippen molar-refractivity contribution in [3.05, 3.63) is 28.4 Å². The Morgan fingerprint density at radius 3 is 2.67 bits per heavy atom. The van der Waals surface area contributed by atoms with Crippen LogP contribution in [0.4, 0.5) is 0 Å². The normalized spacial score (nSPS) is 12.4. The Kier molecular flexibility index (Phi) is 5.51. The maximum absolute atomic E-state index is 11.7. The molecular weight excluding hydrogens is 234 g/mol. The minimum absolute atomic E-state index is 0.131. The number of rotatable bonds is 6. The highest BCUT2D eigenvalue weighted by Gasteiger charge is 2.17. The fourth-order valence-corrected chi connectivity index (χ4v) is 1.75. The Bertz CT molecular complexity index is 420. The van der Waals surface area contributed by atoms with Crippen molar-refractivity contribution in [2.75, 3.05) is 6.54 Å². The monoisotopic (exact) mass is 253 g/mol. The minimum atomic E-state index is -0.563. The second-order valence-electron chi connectivity index (χ2n) is 4.15.